The van der Waals surface area contributed by atoms with E-state index in [1.54, 1.807) is 13.3 Å². The van der Waals surface area contributed by atoms with Gasteiger partial charge < -0.3 is 9.84 Å². The Hall–Kier alpha value is -0.870. The van der Waals surface area contributed by atoms with Gasteiger partial charge in [0.1, 0.15) is 0 Å². The summed E-state index contributed by atoms with van der Waals surface area (Å²) in [7, 11) is 3.67. The molecule has 1 aromatic heterocycles. The highest BCUT2D eigenvalue weighted by Crippen LogP contribution is 2.30. The average Bonchev–Trinajstić information content (AvgIpc) is 2.84. The molecule has 0 aliphatic heterocycles. The summed E-state index contributed by atoms with van der Waals surface area (Å²) in [6.45, 7) is 0. The molecule has 1 aliphatic rings. The minimum absolute atomic E-state index is 0.00599. The van der Waals surface area contributed by atoms with Crippen LogP contribution >= 0.6 is 0 Å². The predicted molar refractivity (Wildman–Crippen MR) is 74.9 cm³/mol. The second-order valence-electron chi connectivity index (χ2n) is 5.65. The molecule has 0 bridgehead atoms. The zero-order valence-electron chi connectivity index (χ0n) is 12.1. The topological polar surface area (TPSA) is 47.3 Å². The van der Waals surface area contributed by atoms with Crippen LogP contribution in [0.25, 0.3) is 0 Å². The molecule has 19 heavy (non-hydrogen) atoms. The molecule has 1 N–H and O–H groups in total. The molecule has 1 aliphatic carbocycles. The normalized spacial score (nSPS) is 20.4. The van der Waals surface area contributed by atoms with Crippen LogP contribution in [-0.4, -0.2) is 34.2 Å². The van der Waals surface area contributed by atoms with Crippen molar-refractivity contribution in [2.75, 3.05) is 7.11 Å². The molecule has 2 unspecified atom stereocenters. The number of rotatable bonds is 6. The van der Waals surface area contributed by atoms with Crippen LogP contribution in [0.1, 0.15) is 44.2 Å². The van der Waals surface area contributed by atoms with Crippen LogP contribution in [0.4, 0.5) is 0 Å². The molecule has 4 nitrogen and oxygen atoms in total. The molecule has 1 heterocycles. The summed E-state index contributed by atoms with van der Waals surface area (Å²) in [6, 6.07) is 2.01. The summed E-state index contributed by atoms with van der Waals surface area (Å²) in [5, 5.41) is 14.5. The van der Waals surface area contributed by atoms with E-state index in [0.29, 0.717) is 5.92 Å². The molecule has 1 aromatic rings. The van der Waals surface area contributed by atoms with Gasteiger partial charge in [-0.05, 0) is 37.7 Å². The summed E-state index contributed by atoms with van der Waals surface area (Å²) < 4.78 is 7.45. The third-order valence-electron chi connectivity index (χ3n) is 4.38. The first-order valence-electron chi connectivity index (χ1n) is 7.40. The van der Waals surface area contributed by atoms with Crippen molar-refractivity contribution in [3.8, 4) is 0 Å². The molecule has 108 valence electrons. The van der Waals surface area contributed by atoms with Gasteiger partial charge >= 0.3 is 0 Å². The molecule has 0 aromatic carbocycles. The van der Waals surface area contributed by atoms with Crippen molar-refractivity contribution in [3.05, 3.63) is 18.0 Å². The molecule has 2 atom stereocenters. The number of hydrogen-bond acceptors (Lipinski definition) is 3. The fraction of sp³-hybridized carbons (Fsp3) is 0.800. The Morgan fingerprint density at radius 1 is 1.42 bits per heavy atom. The highest BCUT2D eigenvalue weighted by Gasteiger charge is 2.29. The van der Waals surface area contributed by atoms with E-state index in [-0.39, 0.29) is 12.2 Å². The van der Waals surface area contributed by atoms with Crippen molar-refractivity contribution in [3.63, 3.8) is 0 Å². The third-order valence-corrected chi connectivity index (χ3v) is 4.38. The van der Waals surface area contributed by atoms with Crippen LogP contribution in [0.15, 0.2) is 12.3 Å². The van der Waals surface area contributed by atoms with Gasteiger partial charge in [0, 0.05) is 26.0 Å². The van der Waals surface area contributed by atoms with Crippen LogP contribution in [-0.2, 0) is 18.2 Å². The van der Waals surface area contributed by atoms with Gasteiger partial charge in [-0.2, -0.15) is 5.10 Å². The minimum Gasteiger partial charge on any atom is -0.390 e. The van der Waals surface area contributed by atoms with Crippen molar-refractivity contribution in [1.29, 1.82) is 0 Å². The fourth-order valence-corrected chi connectivity index (χ4v) is 3.23. The maximum Gasteiger partial charge on any atom is 0.0858 e. The molecule has 2 rings (SSSR count). The lowest BCUT2D eigenvalue weighted by Gasteiger charge is -2.32. The zero-order chi connectivity index (χ0) is 13.7. The van der Waals surface area contributed by atoms with E-state index in [4.69, 9.17) is 4.74 Å². The monoisotopic (exact) mass is 266 g/mol. The molecule has 1 fully saturated rings. The number of aryl methyl sites for hydroxylation is 2. The Kier molecular flexibility index (Phi) is 5.40. The Labute approximate surface area is 115 Å². The summed E-state index contributed by atoms with van der Waals surface area (Å²) in [5.41, 5.74) is 1.16. The second kappa shape index (κ2) is 7.06. The maximum absolute atomic E-state index is 10.4. The van der Waals surface area contributed by atoms with Gasteiger partial charge in [0.15, 0.2) is 0 Å². The first-order valence-corrected chi connectivity index (χ1v) is 7.40. The quantitative estimate of drug-likeness (QED) is 0.859. The number of ether oxygens (including phenoxy) is 1. The lowest BCUT2D eigenvalue weighted by atomic mass is 9.82. The number of methoxy groups -OCH3 is 1. The molecule has 0 amide bonds. The van der Waals surface area contributed by atoms with Crippen LogP contribution in [0.2, 0.25) is 0 Å². The first-order chi connectivity index (χ1) is 9.22. The van der Waals surface area contributed by atoms with Crippen LogP contribution in [0.3, 0.4) is 0 Å². The van der Waals surface area contributed by atoms with E-state index in [2.05, 4.69) is 5.10 Å². The van der Waals surface area contributed by atoms with E-state index in [9.17, 15) is 5.11 Å². The second-order valence-corrected chi connectivity index (χ2v) is 5.65. The number of aliphatic hydroxyl groups excluding tert-OH is 1. The van der Waals surface area contributed by atoms with E-state index >= 15 is 0 Å². The van der Waals surface area contributed by atoms with Gasteiger partial charge in [-0.1, -0.05) is 19.3 Å². The number of aromatic nitrogens is 2. The van der Waals surface area contributed by atoms with E-state index in [0.717, 1.165) is 18.5 Å². The van der Waals surface area contributed by atoms with Crippen LogP contribution < -0.4 is 0 Å². The van der Waals surface area contributed by atoms with Gasteiger partial charge in [-0.3, -0.25) is 4.68 Å². The Balaban J connectivity index is 1.85. The van der Waals surface area contributed by atoms with Crippen molar-refractivity contribution in [2.24, 2.45) is 13.0 Å². The van der Waals surface area contributed by atoms with Gasteiger partial charge in [-0.15, -0.1) is 0 Å². The Morgan fingerprint density at radius 2 is 2.16 bits per heavy atom. The molecule has 4 heteroatoms. The highest BCUT2D eigenvalue weighted by molar-refractivity contribution is 5.00. The number of hydrogen-bond donors (Lipinski definition) is 1. The Morgan fingerprint density at radius 3 is 2.74 bits per heavy atom. The lowest BCUT2D eigenvalue weighted by Crippen LogP contribution is -2.36. The lowest BCUT2D eigenvalue weighted by molar-refractivity contribution is -0.0569. The van der Waals surface area contributed by atoms with Crippen molar-refractivity contribution in [2.45, 2.75) is 57.2 Å². The zero-order valence-corrected chi connectivity index (χ0v) is 12.1. The summed E-state index contributed by atoms with van der Waals surface area (Å²) in [5.74, 6) is 0.528. The standard InChI is InChI=1S/C15H26N2O2/c1-17-13(10-11-16-17)8-9-14(18)15(19-2)12-6-4-3-5-7-12/h10-12,14-15,18H,3-9H2,1-2H3. The van der Waals surface area contributed by atoms with E-state index < -0.39 is 0 Å². The smallest absolute Gasteiger partial charge is 0.0858 e. The summed E-state index contributed by atoms with van der Waals surface area (Å²) in [6.07, 6.45) is 9.30. The number of aliphatic hydroxyl groups is 1. The van der Waals surface area contributed by atoms with Gasteiger partial charge in [-0.25, -0.2) is 0 Å². The Bertz CT molecular complexity index is 372. The summed E-state index contributed by atoms with van der Waals surface area (Å²) in [4.78, 5) is 0. The molecule has 1 saturated carbocycles. The van der Waals surface area contributed by atoms with Crippen LogP contribution in [0, 0.1) is 5.92 Å². The van der Waals surface area contributed by atoms with Crippen molar-refractivity contribution >= 4 is 0 Å². The van der Waals surface area contributed by atoms with Crippen molar-refractivity contribution in [1.82, 2.24) is 9.78 Å². The molecular formula is C15H26N2O2. The molecule has 0 radical (unpaired) electrons. The molecule has 0 saturated heterocycles. The van der Waals surface area contributed by atoms with E-state index in [1.165, 1.54) is 32.1 Å². The largest absolute Gasteiger partial charge is 0.390 e. The molecule has 0 spiro atoms. The molecular weight excluding hydrogens is 240 g/mol. The summed E-state index contributed by atoms with van der Waals surface area (Å²) >= 11 is 0. The predicted octanol–water partition coefficient (Wildman–Crippen LogP) is 2.31. The SMILES string of the molecule is COC(C(O)CCc1ccnn1C)C1CCCCC1. The number of nitrogens with zero attached hydrogens (tertiary/aromatic N) is 2. The average molecular weight is 266 g/mol. The third kappa shape index (κ3) is 3.80. The first kappa shape index (κ1) is 14.5. The van der Waals surface area contributed by atoms with Crippen molar-refractivity contribution < 1.29 is 9.84 Å². The minimum atomic E-state index is -0.372. The van der Waals surface area contributed by atoms with Crippen LogP contribution in [0.5, 0.6) is 0 Å². The van der Waals surface area contributed by atoms with Gasteiger partial charge in [0.05, 0.1) is 12.2 Å². The van der Waals surface area contributed by atoms with E-state index in [1.807, 2.05) is 17.8 Å². The van der Waals surface area contributed by atoms with Gasteiger partial charge in [0.2, 0.25) is 0 Å². The highest BCUT2D eigenvalue weighted by atomic mass is 16.5. The maximum atomic E-state index is 10.4. The van der Waals surface area contributed by atoms with Gasteiger partial charge in [0.25, 0.3) is 0 Å². The fourth-order valence-electron chi connectivity index (χ4n) is 3.23.